The number of halogens is 3. The third-order valence-corrected chi connectivity index (χ3v) is 6.13. The summed E-state index contributed by atoms with van der Waals surface area (Å²) in [7, 11) is 0. The number of nitrogens with one attached hydrogen (secondary N) is 1. The van der Waals surface area contributed by atoms with E-state index in [0.717, 1.165) is 39.0 Å². The molecule has 8 heteroatoms. The largest absolute Gasteiger partial charge is 0.373 e. The second kappa shape index (κ2) is 9.29. The van der Waals surface area contributed by atoms with E-state index >= 15 is 0 Å². The fourth-order valence-corrected chi connectivity index (χ4v) is 4.63. The van der Waals surface area contributed by atoms with E-state index in [1.165, 1.54) is 0 Å². The van der Waals surface area contributed by atoms with Crippen LogP contribution in [0.25, 0.3) is 0 Å². The maximum absolute atomic E-state index is 12.5. The van der Waals surface area contributed by atoms with Crippen LogP contribution in [0.5, 0.6) is 0 Å². The third-order valence-electron chi connectivity index (χ3n) is 5.09. The molecule has 1 amide bonds. The molecular formula is C19H26Cl3N3O2. The minimum Gasteiger partial charge on any atom is -0.373 e. The summed E-state index contributed by atoms with van der Waals surface area (Å²) in [5.41, 5.74) is 0.489. The summed E-state index contributed by atoms with van der Waals surface area (Å²) in [4.78, 5) is 17.2. The average molecular weight is 435 g/mol. The van der Waals surface area contributed by atoms with Crippen molar-refractivity contribution in [2.24, 2.45) is 0 Å². The van der Waals surface area contributed by atoms with Crippen LogP contribution in [0.15, 0.2) is 12.1 Å². The highest BCUT2D eigenvalue weighted by Gasteiger charge is 2.30. The molecule has 2 saturated heterocycles. The molecule has 2 aliphatic rings. The van der Waals surface area contributed by atoms with Crippen LogP contribution in [-0.2, 0) is 9.53 Å². The lowest BCUT2D eigenvalue weighted by atomic mass is 10.1. The molecule has 0 spiro atoms. The van der Waals surface area contributed by atoms with Crippen molar-refractivity contribution in [2.45, 2.75) is 44.9 Å². The number of likely N-dealkylation sites (tertiary alicyclic amines) is 1. The van der Waals surface area contributed by atoms with Gasteiger partial charge < -0.3 is 10.1 Å². The Hall–Kier alpha value is -0.560. The number of amides is 1. The monoisotopic (exact) mass is 433 g/mol. The first-order chi connectivity index (χ1) is 12.8. The van der Waals surface area contributed by atoms with Gasteiger partial charge in [-0.1, -0.05) is 34.8 Å². The summed E-state index contributed by atoms with van der Waals surface area (Å²) >= 11 is 18.1. The Morgan fingerprint density at radius 1 is 1.15 bits per heavy atom. The van der Waals surface area contributed by atoms with Gasteiger partial charge in [-0.3, -0.25) is 14.6 Å². The molecule has 2 fully saturated rings. The number of morpholine rings is 1. The number of hydrogen-bond acceptors (Lipinski definition) is 4. The van der Waals surface area contributed by atoms with Crippen LogP contribution < -0.4 is 5.32 Å². The first-order valence-electron chi connectivity index (χ1n) is 9.38. The second-order valence-electron chi connectivity index (χ2n) is 7.54. The van der Waals surface area contributed by atoms with Crippen LogP contribution in [0.1, 0.15) is 26.7 Å². The maximum Gasteiger partial charge on any atom is 0.238 e. The maximum atomic E-state index is 12.5. The minimum atomic E-state index is -0.0918. The smallest absolute Gasteiger partial charge is 0.238 e. The normalized spacial score (nSPS) is 27.1. The summed E-state index contributed by atoms with van der Waals surface area (Å²) < 4.78 is 5.82. The second-order valence-corrected chi connectivity index (χ2v) is 8.76. The van der Waals surface area contributed by atoms with E-state index in [-0.39, 0.29) is 18.1 Å². The first kappa shape index (κ1) is 21.2. The standard InChI is InChI=1S/C19H26Cl3N3O2/c1-12-8-24(9-13(2)27-12)10-14-4-3-5-25(14)11-19(26)23-18-7-16(21)15(20)6-17(18)22/h6-7,12-14H,3-5,8-11H2,1-2H3,(H,23,26). The van der Waals surface area contributed by atoms with E-state index in [1.807, 2.05) is 0 Å². The molecule has 1 aromatic rings. The van der Waals surface area contributed by atoms with E-state index < -0.39 is 0 Å². The predicted octanol–water partition coefficient (Wildman–Crippen LogP) is 4.16. The summed E-state index contributed by atoms with van der Waals surface area (Å²) in [5, 5.41) is 3.97. The molecule has 3 unspecified atom stereocenters. The van der Waals surface area contributed by atoms with Crippen molar-refractivity contribution >= 4 is 46.4 Å². The molecule has 1 N–H and O–H groups in total. The summed E-state index contributed by atoms with van der Waals surface area (Å²) in [6.45, 7) is 8.37. The highest BCUT2D eigenvalue weighted by Crippen LogP contribution is 2.32. The average Bonchev–Trinajstić information content (AvgIpc) is 2.98. The van der Waals surface area contributed by atoms with Gasteiger partial charge in [-0.2, -0.15) is 0 Å². The number of carbonyl (C=O) groups is 1. The molecule has 0 bridgehead atoms. The predicted molar refractivity (Wildman–Crippen MR) is 111 cm³/mol. The Labute approximate surface area is 175 Å². The van der Waals surface area contributed by atoms with E-state index in [4.69, 9.17) is 39.5 Å². The number of ether oxygens (including phenoxy) is 1. The van der Waals surface area contributed by atoms with Gasteiger partial charge in [-0.15, -0.1) is 0 Å². The number of anilines is 1. The van der Waals surface area contributed by atoms with Crippen LogP contribution in [0.3, 0.4) is 0 Å². The highest BCUT2D eigenvalue weighted by molar-refractivity contribution is 6.44. The van der Waals surface area contributed by atoms with E-state index in [1.54, 1.807) is 12.1 Å². The Kier molecular flexibility index (Phi) is 7.28. The van der Waals surface area contributed by atoms with Crippen LogP contribution in [0.4, 0.5) is 5.69 Å². The molecule has 0 radical (unpaired) electrons. The van der Waals surface area contributed by atoms with Crippen molar-refractivity contribution in [2.75, 3.05) is 38.0 Å². The van der Waals surface area contributed by atoms with Crippen molar-refractivity contribution in [3.8, 4) is 0 Å². The molecule has 5 nitrogen and oxygen atoms in total. The number of rotatable bonds is 5. The molecule has 3 atom stereocenters. The van der Waals surface area contributed by atoms with Gasteiger partial charge in [-0.05, 0) is 45.4 Å². The lowest BCUT2D eigenvalue weighted by Crippen LogP contribution is -2.50. The van der Waals surface area contributed by atoms with Crippen molar-refractivity contribution in [1.29, 1.82) is 0 Å². The lowest BCUT2D eigenvalue weighted by molar-refractivity contribution is -0.117. The topological polar surface area (TPSA) is 44.8 Å². The van der Waals surface area contributed by atoms with Gasteiger partial charge in [-0.25, -0.2) is 0 Å². The minimum absolute atomic E-state index is 0.0918. The highest BCUT2D eigenvalue weighted by atomic mass is 35.5. The Balaban J connectivity index is 1.56. The number of carbonyl (C=O) groups excluding carboxylic acids is 1. The Morgan fingerprint density at radius 2 is 1.81 bits per heavy atom. The van der Waals surface area contributed by atoms with Crippen LogP contribution >= 0.6 is 34.8 Å². The van der Waals surface area contributed by atoms with Gasteiger partial charge in [0.05, 0.1) is 39.5 Å². The molecule has 1 aromatic carbocycles. The van der Waals surface area contributed by atoms with E-state index in [0.29, 0.717) is 33.3 Å². The van der Waals surface area contributed by atoms with Gasteiger partial charge in [0.2, 0.25) is 5.91 Å². The molecule has 0 aliphatic carbocycles. The molecular weight excluding hydrogens is 409 g/mol. The molecule has 2 heterocycles. The first-order valence-corrected chi connectivity index (χ1v) is 10.5. The van der Waals surface area contributed by atoms with Crippen molar-refractivity contribution in [3.05, 3.63) is 27.2 Å². The van der Waals surface area contributed by atoms with Crippen molar-refractivity contribution in [1.82, 2.24) is 9.80 Å². The summed E-state index contributed by atoms with van der Waals surface area (Å²) in [6, 6.07) is 3.51. The molecule has 27 heavy (non-hydrogen) atoms. The summed E-state index contributed by atoms with van der Waals surface area (Å²) in [6.07, 6.45) is 2.73. The van der Waals surface area contributed by atoms with Crippen LogP contribution in [0, 0.1) is 0 Å². The van der Waals surface area contributed by atoms with Gasteiger partial charge in [0.15, 0.2) is 0 Å². The molecule has 150 valence electrons. The van der Waals surface area contributed by atoms with Gasteiger partial charge in [0.1, 0.15) is 0 Å². The zero-order valence-electron chi connectivity index (χ0n) is 15.7. The SMILES string of the molecule is CC1CN(CC2CCCN2CC(=O)Nc2cc(Cl)c(Cl)cc2Cl)CC(C)O1. The third kappa shape index (κ3) is 5.72. The Morgan fingerprint density at radius 3 is 2.52 bits per heavy atom. The number of nitrogens with zero attached hydrogens (tertiary/aromatic N) is 2. The zero-order chi connectivity index (χ0) is 19.6. The Bertz CT molecular complexity index is 678. The molecule has 3 rings (SSSR count). The van der Waals surface area contributed by atoms with Gasteiger partial charge in [0, 0.05) is 25.7 Å². The molecule has 0 aromatic heterocycles. The summed E-state index contributed by atoms with van der Waals surface area (Å²) in [5.74, 6) is -0.0918. The van der Waals surface area contributed by atoms with Gasteiger partial charge in [0.25, 0.3) is 0 Å². The van der Waals surface area contributed by atoms with E-state index in [2.05, 4.69) is 29.0 Å². The zero-order valence-corrected chi connectivity index (χ0v) is 17.9. The lowest BCUT2D eigenvalue weighted by Gasteiger charge is -2.38. The van der Waals surface area contributed by atoms with Crippen LogP contribution in [-0.4, -0.2) is 66.7 Å². The molecule has 0 saturated carbocycles. The quantitative estimate of drug-likeness (QED) is 0.707. The van der Waals surface area contributed by atoms with Crippen LogP contribution in [0.2, 0.25) is 15.1 Å². The number of benzene rings is 1. The number of hydrogen-bond donors (Lipinski definition) is 1. The molecule has 2 aliphatic heterocycles. The van der Waals surface area contributed by atoms with E-state index in [9.17, 15) is 4.79 Å². The fourth-order valence-electron chi connectivity index (χ4n) is 4.03. The fraction of sp³-hybridized carbons (Fsp3) is 0.632. The van der Waals surface area contributed by atoms with Gasteiger partial charge >= 0.3 is 0 Å². The van der Waals surface area contributed by atoms with Crippen molar-refractivity contribution in [3.63, 3.8) is 0 Å². The van der Waals surface area contributed by atoms with Crippen molar-refractivity contribution < 1.29 is 9.53 Å².